The first-order chi connectivity index (χ1) is 10.7. The van der Waals surface area contributed by atoms with Crippen LogP contribution in [0.4, 0.5) is 5.69 Å². The summed E-state index contributed by atoms with van der Waals surface area (Å²) in [6.45, 7) is 1.97. The fraction of sp³-hybridized carbons (Fsp3) is 0.125. The summed E-state index contributed by atoms with van der Waals surface area (Å²) >= 11 is 0. The zero-order chi connectivity index (χ0) is 15.3. The summed E-state index contributed by atoms with van der Waals surface area (Å²) in [5, 5.41) is 9.65. The van der Waals surface area contributed by atoms with Crippen LogP contribution in [-0.2, 0) is 0 Å². The monoisotopic (exact) mass is 293 g/mol. The largest absolute Gasteiger partial charge is 0.497 e. The Labute approximate surface area is 126 Å². The Morgan fingerprint density at radius 2 is 2.09 bits per heavy atom. The highest BCUT2D eigenvalue weighted by molar-refractivity contribution is 5.95. The van der Waals surface area contributed by atoms with E-state index in [9.17, 15) is 0 Å². The van der Waals surface area contributed by atoms with Gasteiger partial charge in [-0.15, -0.1) is 10.2 Å². The van der Waals surface area contributed by atoms with E-state index in [1.165, 1.54) is 0 Å². The second-order valence-corrected chi connectivity index (χ2v) is 5.29. The SMILES string of the molecule is COc1ccc2[nH]cc(-c3nnc4c(C)cc(N)cn34)c2c1. The summed E-state index contributed by atoms with van der Waals surface area (Å²) in [6.07, 6.45) is 3.77. The number of anilines is 1. The number of methoxy groups -OCH3 is 1. The molecule has 0 saturated carbocycles. The van der Waals surface area contributed by atoms with Crippen molar-refractivity contribution in [1.82, 2.24) is 19.6 Å². The summed E-state index contributed by atoms with van der Waals surface area (Å²) < 4.78 is 7.24. The maximum Gasteiger partial charge on any atom is 0.170 e. The second kappa shape index (κ2) is 4.49. The molecule has 22 heavy (non-hydrogen) atoms. The highest BCUT2D eigenvalue weighted by Gasteiger charge is 2.15. The Bertz CT molecular complexity index is 999. The van der Waals surface area contributed by atoms with Gasteiger partial charge in [-0.1, -0.05) is 0 Å². The molecule has 0 fully saturated rings. The van der Waals surface area contributed by atoms with Crippen LogP contribution in [-0.4, -0.2) is 26.7 Å². The molecule has 0 spiro atoms. The van der Waals surface area contributed by atoms with Gasteiger partial charge in [0.1, 0.15) is 5.75 Å². The Morgan fingerprint density at radius 1 is 1.23 bits per heavy atom. The van der Waals surface area contributed by atoms with Crippen molar-refractivity contribution in [3.63, 3.8) is 0 Å². The molecule has 6 heteroatoms. The number of aromatic nitrogens is 4. The zero-order valence-corrected chi connectivity index (χ0v) is 12.3. The molecule has 0 radical (unpaired) electrons. The molecule has 6 nitrogen and oxygen atoms in total. The molecule has 110 valence electrons. The van der Waals surface area contributed by atoms with E-state index < -0.39 is 0 Å². The van der Waals surface area contributed by atoms with E-state index in [-0.39, 0.29) is 0 Å². The molecule has 0 aliphatic rings. The van der Waals surface area contributed by atoms with Gasteiger partial charge >= 0.3 is 0 Å². The van der Waals surface area contributed by atoms with Gasteiger partial charge in [-0.2, -0.15) is 0 Å². The first-order valence-electron chi connectivity index (χ1n) is 6.94. The fourth-order valence-electron chi connectivity index (χ4n) is 2.78. The first kappa shape index (κ1) is 12.7. The number of pyridine rings is 1. The molecule has 0 unspecified atom stereocenters. The van der Waals surface area contributed by atoms with Crippen LogP contribution in [0.5, 0.6) is 5.75 Å². The molecule has 1 aromatic carbocycles. The minimum absolute atomic E-state index is 0.684. The van der Waals surface area contributed by atoms with Gasteiger partial charge in [0.15, 0.2) is 11.5 Å². The average Bonchev–Trinajstić information content (AvgIpc) is 3.09. The number of fused-ring (bicyclic) bond motifs is 2. The van der Waals surface area contributed by atoms with E-state index in [4.69, 9.17) is 10.5 Å². The predicted molar refractivity (Wildman–Crippen MR) is 86.0 cm³/mol. The number of nitrogen functional groups attached to an aromatic ring is 1. The number of aryl methyl sites for hydroxylation is 1. The molecular formula is C16H15N5O. The lowest BCUT2D eigenvalue weighted by Gasteiger charge is -2.03. The number of ether oxygens (including phenoxy) is 1. The van der Waals surface area contributed by atoms with Crippen molar-refractivity contribution in [3.05, 3.63) is 42.2 Å². The number of hydrogen-bond acceptors (Lipinski definition) is 4. The number of nitrogens with zero attached hydrogens (tertiary/aromatic N) is 3. The molecule has 0 atom stereocenters. The van der Waals surface area contributed by atoms with Crippen LogP contribution in [0.3, 0.4) is 0 Å². The molecule has 3 heterocycles. The number of hydrogen-bond donors (Lipinski definition) is 2. The van der Waals surface area contributed by atoms with Gasteiger partial charge in [-0.05, 0) is 36.8 Å². The van der Waals surface area contributed by atoms with Crippen LogP contribution >= 0.6 is 0 Å². The molecule has 0 saturated heterocycles. The molecule has 0 aliphatic carbocycles. The smallest absolute Gasteiger partial charge is 0.170 e. The van der Waals surface area contributed by atoms with Crippen LogP contribution in [0.25, 0.3) is 27.9 Å². The second-order valence-electron chi connectivity index (χ2n) is 5.29. The third-order valence-corrected chi connectivity index (χ3v) is 3.84. The highest BCUT2D eigenvalue weighted by atomic mass is 16.5. The van der Waals surface area contributed by atoms with Crippen molar-refractivity contribution < 1.29 is 4.74 Å². The molecule has 0 aliphatic heterocycles. The first-order valence-corrected chi connectivity index (χ1v) is 6.94. The minimum Gasteiger partial charge on any atom is -0.497 e. The van der Waals surface area contributed by atoms with Crippen LogP contribution in [0.15, 0.2) is 36.7 Å². The van der Waals surface area contributed by atoms with Crippen molar-refractivity contribution in [2.24, 2.45) is 0 Å². The fourth-order valence-corrected chi connectivity index (χ4v) is 2.78. The third kappa shape index (κ3) is 1.74. The van der Waals surface area contributed by atoms with E-state index >= 15 is 0 Å². The van der Waals surface area contributed by atoms with Crippen molar-refractivity contribution in [2.75, 3.05) is 12.8 Å². The number of rotatable bonds is 2. The van der Waals surface area contributed by atoms with Crippen LogP contribution in [0.1, 0.15) is 5.56 Å². The summed E-state index contributed by atoms with van der Waals surface area (Å²) in [5.74, 6) is 1.56. The van der Waals surface area contributed by atoms with Gasteiger partial charge in [0.2, 0.25) is 0 Å². The topological polar surface area (TPSA) is 81.2 Å². The van der Waals surface area contributed by atoms with Gasteiger partial charge in [-0.25, -0.2) is 0 Å². The molecule has 0 bridgehead atoms. The summed E-state index contributed by atoms with van der Waals surface area (Å²) in [7, 11) is 1.66. The van der Waals surface area contributed by atoms with Gasteiger partial charge in [0, 0.05) is 34.5 Å². The van der Waals surface area contributed by atoms with Gasteiger partial charge in [0.05, 0.1) is 7.11 Å². The Morgan fingerprint density at radius 3 is 2.91 bits per heavy atom. The van der Waals surface area contributed by atoms with Crippen LogP contribution < -0.4 is 10.5 Å². The van der Waals surface area contributed by atoms with Crippen LogP contribution in [0.2, 0.25) is 0 Å². The lowest BCUT2D eigenvalue weighted by atomic mass is 10.1. The standard InChI is InChI=1S/C16H15N5O/c1-9-5-10(17)8-21-15(9)19-20-16(21)13-7-18-14-4-3-11(22-2)6-12(13)14/h3-8,18H,17H2,1-2H3. The average molecular weight is 293 g/mol. The highest BCUT2D eigenvalue weighted by Crippen LogP contribution is 2.31. The number of benzene rings is 1. The van der Waals surface area contributed by atoms with E-state index in [0.717, 1.165) is 39.3 Å². The molecule has 4 rings (SSSR count). The summed E-state index contributed by atoms with van der Waals surface area (Å²) in [5.41, 5.74) is 10.4. The molecule has 3 aromatic heterocycles. The van der Waals surface area contributed by atoms with E-state index in [1.807, 2.05) is 48.0 Å². The maximum absolute atomic E-state index is 5.96. The Hall–Kier alpha value is -3.02. The predicted octanol–water partition coefficient (Wildman–Crippen LogP) is 2.78. The number of H-pyrrole nitrogens is 1. The van der Waals surface area contributed by atoms with Gasteiger partial charge in [-0.3, -0.25) is 4.40 Å². The van der Waals surface area contributed by atoms with Gasteiger partial charge in [0.25, 0.3) is 0 Å². The lowest BCUT2D eigenvalue weighted by molar-refractivity contribution is 0.415. The number of nitrogens with two attached hydrogens (primary N) is 1. The molecular weight excluding hydrogens is 278 g/mol. The zero-order valence-electron chi connectivity index (χ0n) is 12.3. The van der Waals surface area contributed by atoms with Gasteiger partial charge < -0.3 is 15.5 Å². The van der Waals surface area contributed by atoms with Crippen molar-refractivity contribution in [3.8, 4) is 17.1 Å². The molecule has 3 N–H and O–H groups in total. The third-order valence-electron chi connectivity index (χ3n) is 3.84. The number of aromatic amines is 1. The minimum atomic E-state index is 0.684. The normalized spacial score (nSPS) is 11.4. The lowest BCUT2D eigenvalue weighted by Crippen LogP contribution is -1.95. The van der Waals surface area contributed by atoms with E-state index in [2.05, 4.69) is 15.2 Å². The molecule has 4 aromatic rings. The van der Waals surface area contributed by atoms with Crippen LogP contribution in [0, 0.1) is 6.92 Å². The van der Waals surface area contributed by atoms with E-state index in [1.54, 1.807) is 7.11 Å². The maximum atomic E-state index is 5.96. The quantitative estimate of drug-likeness (QED) is 0.595. The molecule has 0 amide bonds. The summed E-state index contributed by atoms with van der Waals surface area (Å²) in [6, 6.07) is 7.79. The Balaban J connectivity index is 2.03. The summed E-state index contributed by atoms with van der Waals surface area (Å²) in [4.78, 5) is 3.25. The van der Waals surface area contributed by atoms with Crippen molar-refractivity contribution in [2.45, 2.75) is 6.92 Å². The Kier molecular flexibility index (Phi) is 2.59. The van der Waals surface area contributed by atoms with Crippen molar-refractivity contribution >= 4 is 22.2 Å². The number of nitrogens with one attached hydrogen (secondary N) is 1. The van der Waals surface area contributed by atoms with E-state index in [0.29, 0.717) is 5.69 Å². The van der Waals surface area contributed by atoms with Crippen molar-refractivity contribution in [1.29, 1.82) is 0 Å².